The van der Waals surface area contributed by atoms with Gasteiger partial charge in [-0.05, 0) is 0 Å². The first-order valence-electron chi connectivity index (χ1n) is 14.2. The monoisotopic (exact) mass is 664 g/mol. The molecule has 0 rings (SSSR count). The third-order valence-corrected chi connectivity index (χ3v) is 9.71. The van der Waals surface area contributed by atoms with Crippen molar-refractivity contribution in [1.29, 1.82) is 0 Å². The standard InChI is InChI=1S/3C11H20O2.In/c3*1-10(2,3)8(12)7-9(13)11(4,5)6;/h3*7,12H,1-6H3;/q;;;+3/p-3/b3*8-7+;. The zero-order chi connectivity index (χ0) is 32.3. The predicted molar refractivity (Wildman–Crippen MR) is 165 cm³/mol. The fourth-order valence-electron chi connectivity index (χ4n) is 2.67. The first-order chi connectivity index (χ1) is 17.4. The molecule has 0 aromatic carbocycles. The van der Waals surface area contributed by atoms with Gasteiger partial charge in [0.1, 0.15) is 0 Å². The van der Waals surface area contributed by atoms with Crippen molar-refractivity contribution in [1.82, 2.24) is 0 Å². The van der Waals surface area contributed by atoms with Gasteiger partial charge in [-0.15, -0.1) is 0 Å². The minimum atomic E-state index is -4.14. The molecule has 0 spiro atoms. The molecule has 0 radical (unpaired) electrons. The zero-order valence-corrected chi connectivity index (χ0v) is 32.1. The van der Waals surface area contributed by atoms with Crippen molar-refractivity contribution in [3.63, 3.8) is 0 Å². The third-order valence-electron chi connectivity index (χ3n) is 5.89. The number of hydrogen-bond donors (Lipinski definition) is 0. The quantitative estimate of drug-likeness (QED) is 0.181. The maximum atomic E-state index is 13.1. The molecule has 7 heteroatoms. The molecule has 0 unspecified atom stereocenters. The number of hydrogen-bond acceptors (Lipinski definition) is 6. The molecule has 0 aromatic rings. The van der Waals surface area contributed by atoms with Gasteiger partial charge in [0.15, 0.2) is 0 Å². The van der Waals surface area contributed by atoms with Gasteiger partial charge in [0.25, 0.3) is 0 Å². The van der Waals surface area contributed by atoms with E-state index < -0.39 is 55.2 Å². The average Bonchev–Trinajstić information content (AvgIpc) is 2.67. The van der Waals surface area contributed by atoms with E-state index in [4.69, 9.17) is 8.56 Å². The SMILES string of the molecule is CC(C)(C)C(=O)/C=C(/[O][In]([O]/C(=C/C(=O)C(C)(C)C)C(C)(C)C)[O]/C(=C/C(=O)C(C)(C)C)C(C)(C)C)C(C)(C)C. The van der Waals surface area contributed by atoms with Gasteiger partial charge < -0.3 is 0 Å². The molecule has 6 nitrogen and oxygen atoms in total. The van der Waals surface area contributed by atoms with Crippen LogP contribution in [-0.4, -0.2) is 40.1 Å². The number of carbonyl (C=O) groups is 3. The van der Waals surface area contributed by atoms with E-state index in [-0.39, 0.29) is 17.3 Å². The summed E-state index contributed by atoms with van der Waals surface area (Å²) in [5, 5.41) is 0. The molecule has 40 heavy (non-hydrogen) atoms. The normalized spacial score (nSPS) is 15.0. The Balaban J connectivity index is 7.14. The van der Waals surface area contributed by atoms with Crippen LogP contribution in [0.4, 0.5) is 0 Å². The molecule has 0 atom stereocenters. The van der Waals surface area contributed by atoms with Crippen molar-refractivity contribution in [3.8, 4) is 0 Å². The van der Waals surface area contributed by atoms with E-state index in [2.05, 4.69) is 0 Å². The second kappa shape index (κ2) is 13.2. The summed E-state index contributed by atoms with van der Waals surface area (Å²) in [4.78, 5) is 39.2. The Bertz CT molecular complexity index is 885. The van der Waals surface area contributed by atoms with Gasteiger partial charge in [0.05, 0.1) is 0 Å². The summed E-state index contributed by atoms with van der Waals surface area (Å²) in [6.07, 6.45) is 4.62. The van der Waals surface area contributed by atoms with Crippen LogP contribution in [0.5, 0.6) is 0 Å². The van der Waals surface area contributed by atoms with Crippen molar-refractivity contribution in [2.45, 2.75) is 125 Å². The molecule has 0 aliphatic rings. The molecule has 0 fully saturated rings. The van der Waals surface area contributed by atoms with E-state index in [0.29, 0.717) is 17.3 Å². The summed E-state index contributed by atoms with van der Waals surface area (Å²) in [5.41, 5.74) is -3.37. The molecule has 0 N–H and O–H groups in total. The van der Waals surface area contributed by atoms with E-state index in [1.165, 1.54) is 18.2 Å². The van der Waals surface area contributed by atoms with Crippen LogP contribution in [0.1, 0.15) is 125 Å². The van der Waals surface area contributed by atoms with Gasteiger partial charge in [-0.3, -0.25) is 0 Å². The molecule has 0 aliphatic heterocycles. The Labute approximate surface area is 254 Å². The zero-order valence-electron chi connectivity index (χ0n) is 28.8. The molecule has 0 aliphatic carbocycles. The van der Waals surface area contributed by atoms with Crippen molar-refractivity contribution >= 4 is 40.1 Å². The second-order valence-electron chi connectivity index (χ2n) is 16.8. The van der Waals surface area contributed by atoms with E-state index in [9.17, 15) is 14.4 Å². The van der Waals surface area contributed by atoms with Crippen LogP contribution in [0.25, 0.3) is 0 Å². The van der Waals surface area contributed by atoms with Gasteiger partial charge in [0, 0.05) is 0 Å². The Morgan fingerprint density at radius 1 is 0.375 bits per heavy atom. The molecule has 0 heterocycles. The number of carbonyl (C=O) groups excluding carboxylic acids is 3. The topological polar surface area (TPSA) is 78.9 Å². The van der Waals surface area contributed by atoms with Crippen molar-refractivity contribution in [2.75, 3.05) is 0 Å². The Kier molecular flexibility index (Phi) is 12.7. The fourth-order valence-corrected chi connectivity index (χ4v) is 8.47. The summed E-state index contributed by atoms with van der Waals surface area (Å²) >= 11 is -4.14. The van der Waals surface area contributed by atoms with Crippen molar-refractivity contribution in [3.05, 3.63) is 35.5 Å². The number of rotatable bonds is 9. The van der Waals surface area contributed by atoms with Crippen LogP contribution >= 0.6 is 0 Å². The molecule has 0 saturated carbocycles. The number of ketones is 3. The summed E-state index contributed by atoms with van der Waals surface area (Å²) < 4.78 is 19.7. The van der Waals surface area contributed by atoms with Gasteiger partial charge >= 0.3 is 256 Å². The van der Waals surface area contributed by atoms with Crippen molar-refractivity contribution in [2.24, 2.45) is 32.5 Å². The first-order valence-corrected chi connectivity index (χ1v) is 18.2. The van der Waals surface area contributed by atoms with Crippen LogP contribution in [0.3, 0.4) is 0 Å². The van der Waals surface area contributed by atoms with E-state index in [1.807, 2.05) is 125 Å². The molecule has 0 bridgehead atoms. The van der Waals surface area contributed by atoms with Crippen molar-refractivity contribution < 1.29 is 22.9 Å². The average molecular weight is 665 g/mol. The summed E-state index contributed by atoms with van der Waals surface area (Å²) in [5.74, 6) is 1.14. The van der Waals surface area contributed by atoms with Crippen LogP contribution in [-0.2, 0) is 22.9 Å². The van der Waals surface area contributed by atoms with Crippen LogP contribution in [0.15, 0.2) is 35.5 Å². The molecule has 0 amide bonds. The Morgan fingerprint density at radius 3 is 0.675 bits per heavy atom. The Hall–Kier alpha value is -1.50. The van der Waals surface area contributed by atoms with Crippen LogP contribution in [0, 0.1) is 32.5 Å². The maximum absolute atomic E-state index is 13.1. The van der Waals surface area contributed by atoms with Gasteiger partial charge in [0.2, 0.25) is 0 Å². The molecular weight excluding hydrogens is 607 g/mol. The van der Waals surface area contributed by atoms with Gasteiger partial charge in [-0.1, -0.05) is 0 Å². The summed E-state index contributed by atoms with van der Waals surface area (Å²) in [6, 6.07) is 0. The molecule has 228 valence electrons. The summed E-state index contributed by atoms with van der Waals surface area (Å²) in [7, 11) is 0. The molecular formula is C33H57InO6. The van der Waals surface area contributed by atoms with E-state index in [1.54, 1.807) is 0 Å². The van der Waals surface area contributed by atoms with Crippen LogP contribution < -0.4 is 0 Å². The van der Waals surface area contributed by atoms with E-state index >= 15 is 0 Å². The minimum absolute atomic E-state index is 0.0774. The second-order valence-corrected chi connectivity index (χ2v) is 20.4. The summed E-state index contributed by atoms with van der Waals surface area (Å²) in [6.45, 7) is 34.4. The molecule has 0 saturated heterocycles. The third kappa shape index (κ3) is 13.4. The fraction of sp³-hybridized carbons (Fsp3) is 0.727. The van der Waals surface area contributed by atoms with Gasteiger partial charge in [-0.25, -0.2) is 0 Å². The first kappa shape index (κ1) is 38.5. The van der Waals surface area contributed by atoms with Gasteiger partial charge in [-0.2, -0.15) is 0 Å². The molecule has 0 aromatic heterocycles. The Morgan fingerprint density at radius 2 is 0.550 bits per heavy atom. The van der Waals surface area contributed by atoms with Crippen LogP contribution in [0.2, 0.25) is 0 Å². The number of allylic oxidation sites excluding steroid dienone is 6. The predicted octanol–water partition coefficient (Wildman–Crippen LogP) is 8.66. The van der Waals surface area contributed by atoms with E-state index in [0.717, 1.165) is 0 Å².